The van der Waals surface area contributed by atoms with Crippen LogP contribution in [0.5, 0.6) is 5.75 Å². The fourth-order valence-electron chi connectivity index (χ4n) is 3.76. The average Bonchev–Trinajstić information content (AvgIpc) is 3.38. The van der Waals surface area contributed by atoms with Gasteiger partial charge in [-0.2, -0.15) is 8.78 Å². The molecule has 0 atom stereocenters. The number of aldehydes is 1. The summed E-state index contributed by atoms with van der Waals surface area (Å²) in [5, 5.41) is 2.75. The number of piperazine rings is 1. The topological polar surface area (TPSA) is 128 Å². The van der Waals surface area contributed by atoms with Crippen LogP contribution in [0.1, 0.15) is 27.9 Å². The van der Waals surface area contributed by atoms with E-state index < -0.39 is 18.3 Å². The van der Waals surface area contributed by atoms with E-state index in [-0.39, 0.29) is 39.3 Å². The molecule has 2 amide bonds. The number of likely N-dealkylation sites (N-methyl/N-ethyl adjacent to an activating group) is 1. The molecule has 2 heterocycles. The Kier molecular flexibility index (Phi) is 17.8. The van der Waals surface area contributed by atoms with Gasteiger partial charge in [0.25, 0.3) is 12.4 Å². The molecule has 16 heteroatoms. The van der Waals surface area contributed by atoms with Gasteiger partial charge in [-0.3, -0.25) is 19.2 Å². The lowest BCUT2D eigenvalue weighted by Gasteiger charge is -2.31. The molecule has 1 fully saturated rings. The standard InChI is InChI=1S/C19H13ClF3N3O3.C7H14N2O.C3H9N.C2H4O2/c1-26-16(13-5-4-12(7-15(13)21)29-19(22)23)8-24-17(26)18(28)25-11-3-2-10(9-27)14(20)6-11;1-7(10)9-5-3-8(2)4-6-9;1-4(2)3;1-4-2-3/h2-9,19H,1H3,(H,25,28);3-6H2,1-2H3;1-3H3;2H,1H3/p+1. The Morgan fingerprint density at radius 1 is 1.04 bits per heavy atom. The minimum atomic E-state index is -3.07. The van der Waals surface area contributed by atoms with E-state index in [1.54, 1.807) is 6.92 Å². The summed E-state index contributed by atoms with van der Waals surface area (Å²) in [6, 6.07) is 7.63. The van der Waals surface area contributed by atoms with Crippen LogP contribution in [-0.2, 0) is 21.4 Å². The van der Waals surface area contributed by atoms with Crippen LogP contribution in [0, 0.1) is 5.82 Å². The number of nitrogens with one attached hydrogen (secondary N) is 2. The van der Waals surface area contributed by atoms with Crippen molar-refractivity contribution in [2.24, 2.45) is 7.05 Å². The minimum Gasteiger partial charge on any atom is -0.471 e. The van der Waals surface area contributed by atoms with Crippen molar-refractivity contribution >= 4 is 41.9 Å². The molecule has 47 heavy (non-hydrogen) atoms. The molecule has 12 nitrogen and oxygen atoms in total. The summed E-state index contributed by atoms with van der Waals surface area (Å²) in [6.45, 7) is 2.75. The van der Waals surface area contributed by atoms with Crippen molar-refractivity contribution in [3.05, 3.63) is 64.8 Å². The maximum atomic E-state index is 14.3. The molecule has 0 unspecified atom stereocenters. The highest BCUT2D eigenvalue weighted by Gasteiger charge is 2.19. The molecule has 0 spiro atoms. The van der Waals surface area contributed by atoms with Gasteiger partial charge in [-0.15, -0.1) is 0 Å². The molecule has 1 aliphatic rings. The summed E-state index contributed by atoms with van der Waals surface area (Å²) in [4.78, 5) is 52.6. The average molecular weight is 686 g/mol. The van der Waals surface area contributed by atoms with Gasteiger partial charge in [0.05, 0.1) is 45.2 Å². The van der Waals surface area contributed by atoms with Crippen LogP contribution in [0.2, 0.25) is 5.02 Å². The van der Waals surface area contributed by atoms with Crippen LogP contribution in [0.3, 0.4) is 0 Å². The number of benzene rings is 2. The third-order valence-corrected chi connectivity index (χ3v) is 6.39. The number of alkyl halides is 2. The Labute approximate surface area is 277 Å². The molecule has 2 aromatic carbocycles. The number of carbonyl (C=O) groups is 4. The summed E-state index contributed by atoms with van der Waals surface area (Å²) in [5.74, 6) is -1.55. The number of ether oxygens (including phenoxy) is 2. The first kappa shape index (κ1) is 40.6. The molecule has 1 aliphatic heterocycles. The van der Waals surface area contributed by atoms with Crippen molar-refractivity contribution in [1.29, 1.82) is 0 Å². The van der Waals surface area contributed by atoms with Gasteiger partial charge in [-0.05, 0) is 37.4 Å². The van der Waals surface area contributed by atoms with E-state index in [4.69, 9.17) is 16.4 Å². The molecule has 1 saturated heterocycles. The molecule has 4 rings (SSSR count). The van der Waals surface area contributed by atoms with E-state index >= 15 is 0 Å². The quantitative estimate of drug-likeness (QED) is 0.364. The van der Waals surface area contributed by atoms with Crippen LogP contribution in [-0.4, -0.2) is 112 Å². The van der Waals surface area contributed by atoms with E-state index in [9.17, 15) is 27.6 Å². The molecule has 1 aromatic heterocycles. The van der Waals surface area contributed by atoms with E-state index in [2.05, 4.69) is 52.9 Å². The maximum absolute atomic E-state index is 14.3. The van der Waals surface area contributed by atoms with Crippen molar-refractivity contribution in [3.63, 3.8) is 0 Å². The van der Waals surface area contributed by atoms with Crippen LogP contribution in [0.15, 0.2) is 42.6 Å². The summed E-state index contributed by atoms with van der Waals surface area (Å²) >= 11 is 5.93. The maximum Gasteiger partial charge on any atom is 0.387 e. The lowest BCUT2D eigenvalue weighted by molar-refractivity contribution is -0.836. The lowest BCUT2D eigenvalue weighted by atomic mass is 10.1. The highest BCUT2D eigenvalue weighted by Crippen LogP contribution is 2.28. The number of rotatable bonds is 7. The SMILES string of the molecule is CC(=O)N1CCN(C)CC1.COC=O.C[NH+](C)C.Cn1c(-c2ccc(OC(F)F)cc2F)cnc1C(=O)Nc1ccc(C=O)c(Cl)c1. The first-order valence-electron chi connectivity index (χ1n) is 14.1. The minimum absolute atomic E-state index is 0.0251. The zero-order chi connectivity index (χ0) is 35.7. The Morgan fingerprint density at radius 2 is 1.64 bits per heavy atom. The Hall–Kier alpha value is -4.47. The fourth-order valence-corrected chi connectivity index (χ4v) is 3.98. The van der Waals surface area contributed by atoms with Crippen molar-refractivity contribution in [2.45, 2.75) is 13.5 Å². The zero-order valence-electron chi connectivity index (χ0n) is 27.4. The van der Waals surface area contributed by atoms with Crippen LogP contribution < -0.4 is 15.0 Å². The molecule has 2 N–H and O–H groups in total. The number of carbonyl (C=O) groups excluding carboxylic acids is 4. The Morgan fingerprint density at radius 3 is 2.11 bits per heavy atom. The van der Waals surface area contributed by atoms with Crippen LogP contribution in [0.25, 0.3) is 11.3 Å². The Balaban J connectivity index is 0.000000501. The van der Waals surface area contributed by atoms with Crippen molar-refractivity contribution < 1.29 is 46.7 Å². The summed E-state index contributed by atoms with van der Waals surface area (Å²) in [6.07, 6.45) is 1.87. The van der Waals surface area contributed by atoms with Crippen LogP contribution in [0.4, 0.5) is 18.9 Å². The summed E-state index contributed by atoms with van der Waals surface area (Å²) < 4.78 is 48.2. The van der Waals surface area contributed by atoms with Gasteiger partial charge in [0.2, 0.25) is 5.91 Å². The third-order valence-electron chi connectivity index (χ3n) is 6.06. The molecule has 0 saturated carbocycles. The Bertz CT molecular complexity index is 1460. The number of hydrogen-bond donors (Lipinski definition) is 2. The number of nitrogens with zero attached hydrogens (tertiary/aromatic N) is 4. The second-order valence-corrected chi connectivity index (χ2v) is 10.9. The summed E-state index contributed by atoms with van der Waals surface area (Å²) in [5.41, 5.74) is 0.929. The van der Waals surface area contributed by atoms with Gasteiger partial charge < -0.3 is 34.1 Å². The lowest BCUT2D eigenvalue weighted by Crippen LogP contribution is -3.02. The zero-order valence-corrected chi connectivity index (χ0v) is 28.1. The van der Waals surface area contributed by atoms with E-state index in [1.165, 1.54) is 60.2 Å². The van der Waals surface area contributed by atoms with Crippen molar-refractivity contribution in [3.8, 4) is 17.0 Å². The van der Waals surface area contributed by atoms with Gasteiger partial charge in [0.15, 0.2) is 12.1 Å². The van der Waals surface area contributed by atoms with Gasteiger partial charge in [0, 0.05) is 63.0 Å². The van der Waals surface area contributed by atoms with E-state index in [0.717, 1.165) is 32.2 Å². The number of hydrogen-bond acceptors (Lipinski definition) is 8. The fraction of sp³-hybridized carbons (Fsp3) is 0.387. The molecule has 0 radical (unpaired) electrons. The van der Waals surface area contributed by atoms with Gasteiger partial charge in [-0.25, -0.2) is 9.37 Å². The highest BCUT2D eigenvalue weighted by atomic mass is 35.5. The predicted octanol–water partition coefficient (Wildman–Crippen LogP) is 2.88. The molecule has 0 bridgehead atoms. The molecule has 0 aliphatic carbocycles. The molecular weight excluding hydrogens is 645 g/mol. The number of aromatic nitrogens is 2. The third kappa shape index (κ3) is 14.2. The van der Waals surface area contributed by atoms with Gasteiger partial charge in [0.1, 0.15) is 11.6 Å². The summed E-state index contributed by atoms with van der Waals surface area (Å²) in [7, 11) is 11.1. The first-order valence-corrected chi connectivity index (χ1v) is 14.5. The number of methoxy groups -OCH3 is 1. The number of halogens is 4. The normalized spacial score (nSPS) is 12.4. The molecule has 258 valence electrons. The molecular formula is C31H41ClF3N6O6+. The number of imidazole rings is 1. The van der Waals surface area contributed by atoms with Crippen LogP contribution >= 0.6 is 11.6 Å². The van der Waals surface area contributed by atoms with Crippen molar-refractivity contribution in [2.75, 3.05) is 66.8 Å². The van der Waals surface area contributed by atoms with Crippen molar-refractivity contribution in [1.82, 2.24) is 19.4 Å². The second-order valence-electron chi connectivity index (χ2n) is 10.5. The largest absolute Gasteiger partial charge is 0.471 e. The smallest absolute Gasteiger partial charge is 0.387 e. The second kappa shape index (κ2) is 20.6. The number of amides is 2. The monoisotopic (exact) mass is 685 g/mol. The number of anilines is 1. The van der Waals surface area contributed by atoms with E-state index in [0.29, 0.717) is 18.4 Å². The van der Waals surface area contributed by atoms with Gasteiger partial charge >= 0.3 is 6.61 Å². The highest BCUT2D eigenvalue weighted by molar-refractivity contribution is 6.33. The van der Waals surface area contributed by atoms with E-state index in [1.807, 2.05) is 4.90 Å². The first-order chi connectivity index (χ1) is 22.1. The predicted molar refractivity (Wildman–Crippen MR) is 172 cm³/mol. The molecule has 3 aromatic rings. The number of quaternary nitrogens is 1. The van der Waals surface area contributed by atoms with Gasteiger partial charge in [-0.1, -0.05) is 11.6 Å².